The number of rotatable bonds is 1. The quantitative estimate of drug-likeness (QED) is 0.649. The van der Waals surface area contributed by atoms with Gasteiger partial charge in [-0.2, -0.15) is 0 Å². The summed E-state index contributed by atoms with van der Waals surface area (Å²) >= 11 is 0. The molecule has 0 aliphatic carbocycles. The summed E-state index contributed by atoms with van der Waals surface area (Å²) in [5, 5.41) is 3.96. The molecule has 0 bridgehead atoms. The third kappa shape index (κ3) is 1.61. The van der Waals surface area contributed by atoms with Crippen LogP contribution in [0.1, 0.15) is 6.42 Å². The van der Waals surface area contributed by atoms with Crippen molar-refractivity contribution >= 4 is 5.95 Å². The van der Waals surface area contributed by atoms with Gasteiger partial charge >= 0.3 is 0 Å². The van der Waals surface area contributed by atoms with Gasteiger partial charge in [0.1, 0.15) is 6.33 Å². The zero-order valence-electron chi connectivity index (χ0n) is 7.24. The van der Waals surface area contributed by atoms with E-state index in [1.54, 1.807) is 7.05 Å². The molecule has 0 spiro atoms. The first-order chi connectivity index (χ1) is 6.07. The van der Waals surface area contributed by atoms with Crippen LogP contribution in [0.15, 0.2) is 6.33 Å². The molecule has 1 aromatic rings. The van der Waals surface area contributed by atoms with Crippen molar-refractivity contribution in [3.8, 4) is 0 Å². The molecule has 1 aromatic heterocycles. The summed E-state index contributed by atoms with van der Waals surface area (Å²) in [6.45, 7) is 0.0635. The van der Waals surface area contributed by atoms with Crippen molar-refractivity contribution in [2.45, 2.75) is 12.3 Å². The van der Waals surface area contributed by atoms with E-state index in [9.17, 15) is 8.78 Å². The predicted molar refractivity (Wildman–Crippen MR) is 42.8 cm³/mol. The second kappa shape index (κ2) is 2.65. The Hall–Kier alpha value is -1.20. The van der Waals surface area contributed by atoms with Gasteiger partial charge in [0.15, 0.2) is 0 Å². The number of halogens is 2. The van der Waals surface area contributed by atoms with Crippen LogP contribution in [0.3, 0.4) is 0 Å². The Bertz CT molecular complexity index is 309. The molecule has 0 saturated carbocycles. The molecule has 0 radical (unpaired) electrons. The Morgan fingerprint density at radius 1 is 1.54 bits per heavy atom. The molecule has 2 rings (SSSR count). The minimum Gasteiger partial charge on any atom is -0.333 e. The molecule has 0 unspecified atom stereocenters. The van der Waals surface area contributed by atoms with Gasteiger partial charge in [0, 0.05) is 20.0 Å². The zero-order valence-corrected chi connectivity index (χ0v) is 7.24. The molecule has 1 saturated heterocycles. The molecular formula is C7H10F2N4. The minimum absolute atomic E-state index is 0.106. The monoisotopic (exact) mass is 188 g/mol. The van der Waals surface area contributed by atoms with E-state index in [0.717, 1.165) is 0 Å². The average molecular weight is 188 g/mol. The normalized spacial score (nSPS) is 21.0. The highest BCUT2D eigenvalue weighted by Crippen LogP contribution is 2.28. The summed E-state index contributed by atoms with van der Waals surface area (Å²) in [6.07, 6.45) is 1.40. The first-order valence-corrected chi connectivity index (χ1v) is 4.05. The van der Waals surface area contributed by atoms with Crippen molar-refractivity contribution in [1.82, 2.24) is 14.8 Å². The molecule has 2 heterocycles. The standard InChI is InChI=1S/C7H10F2N4/c1-12-5-10-6(11-12)13-3-2-7(8,9)4-13/h5H,2-4H2,1H3. The summed E-state index contributed by atoms with van der Waals surface area (Å²) in [4.78, 5) is 5.41. The fourth-order valence-corrected chi connectivity index (χ4v) is 1.38. The first kappa shape index (κ1) is 8.40. The Labute approximate surface area is 74.2 Å². The molecule has 13 heavy (non-hydrogen) atoms. The largest absolute Gasteiger partial charge is 0.333 e. The maximum Gasteiger partial charge on any atom is 0.267 e. The third-order valence-electron chi connectivity index (χ3n) is 2.04. The Balaban J connectivity index is 2.12. The van der Waals surface area contributed by atoms with Crippen molar-refractivity contribution in [1.29, 1.82) is 0 Å². The van der Waals surface area contributed by atoms with Crippen molar-refractivity contribution < 1.29 is 8.78 Å². The van der Waals surface area contributed by atoms with Crippen LogP contribution in [0, 0.1) is 0 Å². The Kier molecular flexibility index (Phi) is 1.71. The topological polar surface area (TPSA) is 34.0 Å². The van der Waals surface area contributed by atoms with Gasteiger partial charge in [-0.05, 0) is 0 Å². The number of aromatic nitrogens is 3. The van der Waals surface area contributed by atoms with E-state index in [0.29, 0.717) is 12.5 Å². The molecule has 1 aliphatic rings. The SMILES string of the molecule is Cn1cnc(N2CCC(F)(F)C2)n1. The lowest BCUT2D eigenvalue weighted by molar-refractivity contribution is 0.0256. The number of alkyl halides is 2. The van der Waals surface area contributed by atoms with Gasteiger partial charge in [0.25, 0.3) is 5.92 Å². The van der Waals surface area contributed by atoms with Crippen LogP contribution in [0.4, 0.5) is 14.7 Å². The van der Waals surface area contributed by atoms with E-state index in [2.05, 4.69) is 10.1 Å². The summed E-state index contributed by atoms with van der Waals surface area (Å²) in [6, 6.07) is 0. The lowest BCUT2D eigenvalue weighted by atomic mass is 10.3. The van der Waals surface area contributed by atoms with E-state index < -0.39 is 5.92 Å². The van der Waals surface area contributed by atoms with Crippen LogP contribution in [0.5, 0.6) is 0 Å². The molecule has 0 atom stereocenters. The van der Waals surface area contributed by atoms with Crippen molar-refractivity contribution in [2.24, 2.45) is 7.05 Å². The molecule has 1 fully saturated rings. The third-order valence-corrected chi connectivity index (χ3v) is 2.04. The van der Waals surface area contributed by atoms with Crippen molar-refractivity contribution in [3.63, 3.8) is 0 Å². The van der Waals surface area contributed by atoms with E-state index >= 15 is 0 Å². The Morgan fingerprint density at radius 2 is 2.31 bits per heavy atom. The number of aryl methyl sites for hydroxylation is 1. The van der Waals surface area contributed by atoms with Crippen LogP contribution in [0.2, 0.25) is 0 Å². The lowest BCUT2D eigenvalue weighted by Crippen LogP contribution is -2.25. The fourth-order valence-electron chi connectivity index (χ4n) is 1.38. The summed E-state index contributed by atoms with van der Waals surface area (Å²) in [5.41, 5.74) is 0. The highest BCUT2D eigenvalue weighted by molar-refractivity contribution is 5.30. The zero-order chi connectivity index (χ0) is 9.47. The van der Waals surface area contributed by atoms with E-state index in [-0.39, 0.29) is 13.0 Å². The Morgan fingerprint density at radius 3 is 2.77 bits per heavy atom. The predicted octanol–water partition coefficient (Wildman–Crippen LogP) is 0.660. The van der Waals surface area contributed by atoms with Gasteiger partial charge in [-0.25, -0.2) is 13.8 Å². The number of anilines is 1. The molecule has 4 nitrogen and oxygen atoms in total. The molecule has 1 aliphatic heterocycles. The minimum atomic E-state index is -2.58. The van der Waals surface area contributed by atoms with Gasteiger partial charge in [-0.15, -0.1) is 5.10 Å². The summed E-state index contributed by atoms with van der Waals surface area (Å²) in [5.74, 6) is -2.20. The highest BCUT2D eigenvalue weighted by Gasteiger charge is 2.39. The first-order valence-electron chi connectivity index (χ1n) is 4.05. The number of hydrogen-bond acceptors (Lipinski definition) is 3. The molecule has 0 aromatic carbocycles. The molecule has 0 N–H and O–H groups in total. The van der Waals surface area contributed by atoms with Gasteiger partial charge in [0.2, 0.25) is 5.95 Å². The smallest absolute Gasteiger partial charge is 0.267 e. The van der Waals surface area contributed by atoms with Gasteiger partial charge < -0.3 is 4.90 Å². The second-order valence-corrected chi connectivity index (χ2v) is 3.25. The number of hydrogen-bond donors (Lipinski definition) is 0. The highest BCUT2D eigenvalue weighted by atomic mass is 19.3. The average Bonchev–Trinajstić information content (AvgIpc) is 2.56. The summed E-state index contributed by atoms with van der Waals surface area (Å²) < 4.78 is 27.1. The van der Waals surface area contributed by atoms with Gasteiger partial charge in [0.05, 0.1) is 6.54 Å². The summed E-state index contributed by atoms with van der Waals surface area (Å²) in [7, 11) is 1.71. The van der Waals surface area contributed by atoms with E-state index in [4.69, 9.17) is 0 Å². The maximum absolute atomic E-state index is 12.8. The van der Waals surface area contributed by atoms with E-state index in [1.165, 1.54) is 15.9 Å². The van der Waals surface area contributed by atoms with Gasteiger partial charge in [-0.3, -0.25) is 4.68 Å². The lowest BCUT2D eigenvalue weighted by Gasteiger charge is -2.12. The second-order valence-electron chi connectivity index (χ2n) is 3.25. The molecule has 6 heteroatoms. The molecule has 0 amide bonds. The number of nitrogens with zero attached hydrogens (tertiary/aromatic N) is 4. The van der Waals surface area contributed by atoms with Crippen molar-refractivity contribution in [2.75, 3.05) is 18.0 Å². The molecule has 72 valence electrons. The van der Waals surface area contributed by atoms with Crippen LogP contribution in [-0.2, 0) is 7.05 Å². The van der Waals surface area contributed by atoms with Crippen LogP contribution >= 0.6 is 0 Å². The van der Waals surface area contributed by atoms with Crippen LogP contribution in [0.25, 0.3) is 0 Å². The van der Waals surface area contributed by atoms with Crippen LogP contribution < -0.4 is 4.90 Å². The maximum atomic E-state index is 12.8. The van der Waals surface area contributed by atoms with E-state index in [1.807, 2.05) is 0 Å². The molecular weight excluding hydrogens is 178 g/mol. The van der Waals surface area contributed by atoms with Gasteiger partial charge in [-0.1, -0.05) is 0 Å². The van der Waals surface area contributed by atoms with Crippen LogP contribution in [-0.4, -0.2) is 33.8 Å². The van der Waals surface area contributed by atoms with Crippen molar-refractivity contribution in [3.05, 3.63) is 6.33 Å². The fraction of sp³-hybridized carbons (Fsp3) is 0.714.